The summed E-state index contributed by atoms with van der Waals surface area (Å²) in [4.78, 5) is 0. The fourth-order valence-corrected chi connectivity index (χ4v) is 2.38. The maximum atomic E-state index is 5.84. The van der Waals surface area contributed by atoms with Gasteiger partial charge >= 0.3 is 0 Å². The molecule has 2 aliphatic carbocycles. The summed E-state index contributed by atoms with van der Waals surface area (Å²) in [6.45, 7) is 0. The first kappa shape index (κ1) is 5.69. The summed E-state index contributed by atoms with van der Waals surface area (Å²) in [6, 6.07) is 0.646. The van der Waals surface area contributed by atoms with Crippen LogP contribution in [0.3, 0.4) is 0 Å². The molecular weight excluding hydrogens is 112 g/mol. The van der Waals surface area contributed by atoms with E-state index in [0.29, 0.717) is 12.1 Å². The minimum atomic E-state index is 0.323. The Balaban J connectivity index is 2.15. The summed E-state index contributed by atoms with van der Waals surface area (Å²) in [5.74, 6) is 1.54. The Hall–Kier alpha value is -0.0800. The maximum absolute atomic E-state index is 5.84. The SMILES string of the molecule is N[C@@H]1[C@@H]2CC[C@@H](C2)[C@H]1N. The molecule has 0 amide bonds. The molecular formula is C7H14N2. The molecule has 0 spiro atoms. The van der Waals surface area contributed by atoms with Crippen molar-refractivity contribution >= 4 is 0 Å². The first-order chi connectivity index (χ1) is 4.29. The molecule has 0 unspecified atom stereocenters. The lowest BCUT2D eigenvalue weighted by atomic mass is 9.92. The zero-order valence-corrected chi connectivity index (χ0v) is 5.59. The summed E-state index contributed by atoms with van der Waals surface area (Å²) in [5, 5.41) is 0. The molecule has 0 radical (unpaired) electrons. The average Bonchev–Trinajstić information content (AvgIpc) is 2.37. The van der Waals surface area contributed by atoms with Gasteiger partial charge in [0.2, 0.25) is 0 Å². The maximum Gasteiger partial charge on any atom is 0.0223 e. The fourth-order valence-electron chi connectivity index (χ4n) is 2.38. The highest BCUT2D eigenvalue weighted by molar-refractivity contribution is 5.01. The van der Waals surface area contributed by atoms with Gasteiger partial charge in [-0.25, -0.2) is 0 Å². The van der Waals surface area contributed by atoms with E-state index in [1.807, 2.05) is 0 Å². The van der Waals surface area contributed by atoms with E-state index in [1.54, 1.807) is 0 Å². The van der Waals surface area contributed by atoms with E-state index < -0.39 is 0 Å². The van der Waals surface area contributed by atoms with Crippen molar-refractivity contribution in [1.29, 1.82) is 0 Å². The minimum Gasteiger partial charge on any atom is -0.326 e. The molecule has 4 atom stereocenters. The summed E-state index contributed by atoms with van der Waals surface area (Å²) < 4.78 is 0. The van der Waals surface area contributed by atoms with Crippen LogP contribution in [0, 0.1) is 11.8 Å². The Morgan fingerprint density at radius 2 is 1.33 bits per heavy atom. The van der Waals surface area contributed by atoms with Crippen LogP contribution < -0.4 is 11.5 Å². The van der Waals surface area contributed by atoms with Crippen molar-refractivity contribution in [2.75, 3.05) is 0 Å². The second-order valence-corrected chi connectivity index (χ2v) is 3.49. The van der Waals surface area contributed by atoms with Crippen LogP contribution in [-0.4, -0.2) is 12.1 Å². The molecule has 0 aliphatic heterocycles. The third-order valence-corrected chi connectivity index (χ3v) is 3.05. The van der Waals surface area contributed by atoms with Gasteiger partial charge in [-0.3, -0.25) is 0 Å². The van der Waals surface area contributed by atoms with Crippen molar-refractivity contribution in [3.05, 3.63) is 0 Å². The highest BCUT2D eigenvalue weighted by atomic mass is 14.8. The third-order valence-electron chi connectivity index (χ3n) is 3.05. The van der Waals surface area contributed by atoms with Crippen molar-refractivity contribution in [2.24, 2.45) is 23.3 Å². The first-order valence-corrected chi connectivity index (χ1v) is 3.80. The number of hydrogen-bond acceptors (Lipinski definition) is 2. The van der Waals surface area contributed by atoms with Gasteiger partial charge in [0.15, 0.2) is 0 Å². The molecule has 9 heavy (non-hydrogen) atoms. The van der Waals surface area contributed by atoms with Gasteiger partial charge in [0.05, 0.1) is 0 Å². The van der Waals surface area contributed by atoms with E-state index >= 15 is 0 Å². The zero-order valence-electron chi connectivity index (χ0n) is 5.59. The van der Waals surface area contributed by atoms with Gasteiger partial charge in [-0.2, -0.15) is 0 Å². The Morgan fingerprint density at radius 3 is 1.56 bits per heavy atom. The molecule has 0 saturated heterocycles. The Morgan fingerprint density at radius 1 is 0.889 bits per heavy atom. The van der Waals surface area contributed by atoms with Crippen LogP contribution in [-0.2, 0) is 0 Å². The molecule has 0 aromatic carbocycles. The zero-order chi connectivity index (χ0) is 6.43. The molecule has 0 aromatic heterocycles. The van der Waals surface area contributed by atoms with Crippen LogP contribution >= 0.6 is 0 Å². The predicted octanol–water partition coefficient (Wildman–Crippen LogP) is 0.0709. The highest BCUT2D eigenvalue weighted by Gasteiger charge is 2.43. The van der Waals surface area contributed by atoms with Crippen molar-refractivity contribution in [3.8, 4) is 0 Å². The van der Waals surface area contributed by atoms with Gasteiger partial charge < -0.3 is 11.5 Å². The summed E-state index contributed by atoms with van der Waals surface area (Å²) >= 11 is 0. The van der Waals surface area contributed by atoms with Crippen molar-refractivity contribution in [1.82, 2.24) is 0 Å². The van der Waals surface area contributed by atoms with E-state index in [4.69, 9.17) is 11.5 Å². The van der Waals surface area contributed by atoms with E-state index in [9.17, 15) is 0 Å². The molecule has 2 aliphatic rings. The molecule has 2 saturated carbocycles. The van der Waals surface area contributed by atoms with Crippen LogP contribution in [0.5, 0.6) is 0 Å². The van der Waals surface area contributed by atoms with Crippen molar-refractivity contribution in [2.45, 2.75) is 31.3 Å². The fraction of sp³-hybridized carbons (Fsp3) is 1.00. The van der Waals surface area contributed by atoms with Crippen LogP contribution in [0.2, 0.25) is 0 Å². The second-order valence-electron chi connectivity index (χ2n) is 3.49. The normalized spacial score (nSPS) is 56.7. The van der Waals surface area contributed by atoms with E-state index in [-0.39, 0.29) is 0 Å². The van der Waals surface area contributed by atoms with E-state index in [1.165, 1.54) is 19.3 Å². The van der Waals surface area contributed by atoms with Crippen molar-refractivity contribution < 1.29 is 0 Å². The molecule has 2 heteroatoms. The van der Waals surface area contributed by atoms with E-state index in [2.05, 4.69) is 0 Å². The molecule has 0 heterocycles. The topological polar surface area (TPSA) is 52.0 Å². The van der Waals surface area contributed by atoms with Gasteiger partial charge in [-0.05, 0) is 31.1 Å². The van der Waals surface area contributed by atoms with Gasteiger partial charge in [0.1, 0.15) is 0 Å². The average molecular weight is 126 g/mol. The molecule has 2 bridgehead atoms. The molecule has 2 fully saturated rings. The van der Waals surface area contributed by atoms with Gasteiger partial charge in [-0.1, -0.05) is 0 Å². The van der Waals surface area contributed by atoms with Gasteiger partial charge in [-0.15, -0.1) is 0 Å². The molecule has 52 valence electrons. The van der Waals surface area contributed by atoms with Crippen LogP contribution in [0.15, 0.2) is 0 Å². The van der Waals surface area contributed by atoms with Crippen LogP contribution in [0.4, 0.5) is 0 Å². The Labute approximate surface area is 55.6 Å². The Kier molecular flexibility index (Phi) is 1.08. The lowest BCUT2D eigenvalue weighted by Gasteiger charge is -2.23. The van der Waals surface area contributed by atoms with Gasteiger partial charge in [0.25, 0.3) is 0 Å². The number of rotatable bonds is 0. The van der Waals surface area contributed by atoms with E-state index in [0.717, 1.165) is 11.8 Å². The molecule has 2 nitrogen and oxygen atoms in total. The van der Waals surface area contributed by atoms with Crippen LogP contribution in [0.25, 0.3) is 0 Å². The summed E-state index contributed by atoms with van der Waals surface area (Å²) in [6.07, 6.45) is 3.97. The predicted molar refractivity (Wildman–Crippen MR) is 36.8 cm³/mol. The lowest BCUT2D eigenvalue weighted by molar-refractivity contribution is 0.365. The van der Waals surface area contributed by atoms with Crippen molar-refractivity contribution in [3.63, 3.8) is 0 Å². The third kappa shape index (κ3) is 0.634. The molecule has 2 rings (SSSR count). The molecule has 0 aromatic rings. The van der Waals surface area contributed by atoms with Crippen LogP contribution in [0.1, 0.15) is 19.3 Å². The number of nitrogens with two attached hydrogens (primary N) is 2. The summed E-state index contributed by atoms with van der Waals surface area (Å²) in [7, 11) is 0. The second kappa shape index (κ2) is 1.70. The number of fused-ring (bicyclic) bond motifs is 2. The largest absolute Gasteiger partial charge is 0.326 e. The molecule has 4 N–H and O–H groups in total. The summed E-state index contributed by atoms with van der Waals surface area (Å²) in [5.41, 5.74) is 11.7. The monoisotopic (exact) mass is 126 g/mol. The quantitative estimate of drug-likeness (QED) is 0.482. The smallest absolute Gasteiger partial charge is 0.0223 e. The highest BCUT2D eigenvalue weighted by Crippen LogP contribution is 2.42. The number of hydrogen-bond donors (Lipinski definition) is 2. The first-order valence-electron chi connectivity index (χ1n) is 3.80. The lowest BCUT2D eigenvalue weighted by Crippen LogP contribution is -2.45. The Bertz CT molecular complexity index is 106. The minimum absolute atomic E-state index is 0.323. The standard InChI is InChI=1S/C7H14N2/c8-6-4-1-2-5(3-4)7(6)9/h4-7H,1-3,8-9H2/t4-,5+,6-,7-/m1/s1. The van der Waals surface area contributed by atoms with Gasteiger partial charge in [0, 0.05) is 12.1 Å².